The smallest absolute Gasteiger partial charge is 0 e. The Hall–Kier alpha value is -1.46. The summed E-state index contributed by atoms with van der Waals surface area (Å²) in [5.74, 6) is 0.322. The first-order valence-electron chi connectivity index (χ1n) is 3.62. The molecule has 0 heterocycles. The molecule has 19 heavy (non-hydrogen) atoms. The van der Waals surface area contributed by atoms with E-state index in [4.69, 9.17) is 19.1 Å². The molecule has 105 valence electrons. The van der Waals surface area contributed by atoms with Gasteiger partial charge in [0, 0.05) is 17.1 Å². The van der Waals surface area contributed by atoms with Gasteiger partial charge in [0.1, 0.15) is 5.75 Å². The van der Waals surface area contributed by atoms with E-state index in [1.165, 1.54) is 0 Å². The summed E-state index contributed by atoms with van der Waals surface area (Å²) < 4.78 is 61.5. The summed E-state index contributed by atoms with van der Waals surface area (Å²) in [6.45, 7) is 13.5. The van der Waals surface area contributed by atoms with Crippen LogP contribution >= 0.6 is 0 Å². The van der Waals surface area contributed by atoms with Gasteiger partial charge in [0.25, 0.3) is 0 Å². The Morgan fingerprint density at radius 2 is 1.00 bits per heavy atom. The molecule has 4 nitrogen and oxygen atoms in total. The van der Waals surface area contributed by atoms with Crippen LogP contribution in [0.5, 0.6) is 5.75 Å². The average Bonchev–Trinajstić information content (AvgIpc) is 2.36. The SMILES string of the molecule is F[B-](F)(F)F.Oc1ccccc1.[C-]#[O+].[C-]#[O+].[C-]#[O+].[Mn]. The van der Waals surface area contributed by atoms with Crippen molar-refractivity contribution in [3.8, 4) is 5.75 Å². The van der Waals surface area contributed by atoms with E-state index >= 15 is 0 Å². The standard InChI is InChI=1S/C6H6O.3CO.BF4.Mn/c7-6-4-2-1-3-5-6;3*1-2;2-1(3,4)5;/h1-5,7H;;;;;/q;;;;-1;. The van der Waals surface area contributed by atoms with E-state index in [-0.39, 0.29) is 17.1 Å². The van der Waals surface area contributed by atoms with Gasteiger partial charge in [0.2, 0.25) is 0 Å². The molecule has 0 aliphatic rings. The van der Waals surface area contributed by atoms with Crippen LogP contribution in [0.2, 0.25) is 0 Å². The molecule has 0 unspecified atom stereocenters. The predicted molar refractivity (Wildman–Crippen MR) is 50.1 cm³/mol. The zero-order chi connectivity index (χ0) is 15.6. The maximum atomic E-state index is 9.75. The first kappa shape index (κ1) is 30.5. The number of halogens is 4. The molecule has 1 radical (unpaired) electrons. The zero-order valence-electron chi connectivity index (χ0n) is 9.03. The van der Waals surface area contributed by atoms with Gasteiger partial charge in [-0.3, -0.25) is 0 Å². The molecule has 0 saturated carbocycles. The van der Waals surface area contributed by atoms with Crippen LogP contribution in [0, 0.1) is 20.0 Å². The molecule has 1 aromatic rings. The van der Waals surface area contributed by atoms with Crippen molar-refractivity contribution in [3.63, 3.8) is 0 Å². The van der Waals surface area contributed by atoms with E-state index in [1.807, 2.05) is 6.07 Å². The first-order chi connectivity index (χ1) is 8.39. The Morgan fingerprint density at radius 3 is 1.11 bits per heavy atom. The minimum absolute atomic E-state index is 0. The van der Waals surface area contributed by atoms with Crippen molar-refractivity contribution >= 4 is 7.25 Å². The molecule has 0 amide bonds. The number of para-hydroxylation sites is 1. The van der Waals surface area contributed by atoms with Gasteiger partial charge in [-0.05, 0) is 12.1 Å². The summed E-state index contributed by atoms with van der Waals surface area (Å²) in [5.41, 5.74) is 0. The molecule has 0 atom stereocenters. The third-order valence-electron chi connectivity index (χ3n) is 0.756. The Balaban J connectivity index is -0.0000000488. The van der Waals surface area contributed by atoms with Crippen molar-refractivity contribution in [2.75, 3.05) is 0 Å². The van der Waals surface area contributed by atoms with Crippen molar-refractivity contribution in [2.24, 2.45) is 0 Å². The van der Waals surface area contributed by atoms with Crippen molar-refractivity contribution in [1.82, 2.24) is 0 Å². The third kappa shape index (κ3) is 81.7. The summed E-state index contributed by atoms with van der Waals surface area (Å²) in [4.78, 5) is 0. The number of rotatable bonds is 0. The van der Waals surface area contributed by atoms with Gasteiger partial charge in [-0.15, -0.1) is 0 Å². The topological polar surface area (TPSA) is 79.9 Å². The molecule has 1 rings (SSSR count). The molecule has 0 aliphatic carbocycles. The number of aromatic hydroxyl groups is 1. The van der Waals surface area contributed by atoms with E-state index in [1.54, 1.807) is 24.3 Å². The van der Waals surface area contributed by atoms with E-state index in [0.717, 1.165) is 0 Å². The quantitative estimate of drug-likeness (QED) is 0.339. The Kier molecular flexibility index (Phi) is 40.8. The van der Waals surface area contributed by atoms with Gasteiger partial charge in [-0.1, -0.05) is 18.2 Å². The van der Waals surface area contributed by atoms with Crippen LogP contribution in [0.15, 0.2) is 30.3 Å². The molecular weight excluding hydrogens is 314 g/mol. The van der Waals surface area contributed by atoms with Crippen molar-refractivity contribution < 1.29 is 53.4 Å². The number of hydrogen-bond acceptors (Lipinski definition) is 1. The summed E-state index contributed by atoms with van der Waals surface area (Å²) in [6, 6.07) is 8.71. The van der Waals surface area contributed by atoms with Crippen LogP contribution < -0.4 is 0 Å². The maximum absolute atomic E-state index is 9.75. The number of benzene rings is 1. The molecule has 10 heteroatoms. The molecule has 0 aromatic heterocycles. The van der Waals surface area contributed by atoms with Crippen LogP contribution in [-0.2, 0) is 31.0 Å². The largest absolute Gasteiger partial charge is 0 e. The molecule has 0 bridgehead atoms. The summed E-state index contributed by atoms with van der Waals surface area (Å²) in [6.07, 6.45) is 0. The fourth-order valence-corrected chi connectivity index (χ4v) is 0.428. The number of phenols is 1. The van der Waals surface area contributed by atoms with E-state index in [2.05, 4.69) is 20.0 Å². The van der Waals surface area contributed by atoms with Crippen LogP contribution in [0.3, 0.4) is 0 Å². The molecule has 1 N–H and O–H groups in total. The first-order valence-corrected chi connectivity index (χ1v) is 3.62. The monoisotopic (exact) mass is 320 g/mol. The van der Waals surface area contributed by atoms with Gasteiger partial charge in [-0.2, -0.15) is 0 Å². The average molecular weight is 320 g/mol. The number of hydrogen-bond donors (Lipinski definition) is 1. The Morgan fingerprint density at radius 1 is 0.789 bits per heavy atom. The molecule has 1 aromatic carbocycles. The minimum atomic E-state index is -6.00. The molecule has 0 fully saturated rings. The second-order valence-corrected chi connectivity index (χ2v) is 1.83. The molecule has 0 spiro atoms. The van der Waals surface area contributed by atoms with Gasteiger partial charge in [-0.25, -0.2) is 0 Å². The van der Waals surface area contributed by atoms with Crippen molar-refractivity contribution in [3.05, 3.63) is 50.3 Å². The number of phenolic OH excluding ortho intramolecular Hbond substituents is 1. The fourth-order valence-electron chi connectivity index (χ4n) is 0.428. The van der Waals surface area contributed by atoms with Crippen LogP contribution in [0.1, 0.15) is 0 Å². The van der Waals surface area contributed by atoms with Crippen molar-refractivity contribution in [2.45, 2.75) is 0 Å². The van der Waals surface area contributed by atoms with Crippen molar-refractivity contribution in [1.29, 1.82) is 0 Å². The zero-order valence-corrected chi connectivity index (χ0v) is 10.2. The van der Waals surface area contributed by atoms with E-state index in [9.17, 15) is 17.3 Å². The third-order valence-corrected chi connectivity index (χ3v) is 0.756. The summed E-state index contributed by atoms with van der Waals surface area (Å²) in [5, 5.41) is 8.63. The van der Waals surface area contributed by atoms with E-state index < -0.39 is 7.25 Å². The van der Waals surface area contributed by atoms with Gasteiger partial charge >= 0.3 is 41.2 Å². The van der Waals surface area contributed by atoms with Gasteiger partial charge < -0.3 is 22.4 Å². The van der Waals surface area contributed by atoms with E-state index in [0.29, 0.717) is 5.75 Å². The maximum Gasteiger partial charge on any atom is 0 e. The van der Waals surface area contributed by atoms with Crippen LogP contribution in [0.4, 0.5) is 17.3 Å². The summed E-state index contributed by atoms with van der Waals surface area (Å²) >= 11 is 0. The van der Waals surface area contributed by atoms with Gasteiger partial charge in [0.15, 0.2) is 0 Å². The predicted octanol–water partition coefficient (Wildman–Crippen LogP) is 2.58. The van der Waals surface area contributed by atoms with Crippen LogP contribution in [0.25, 0.3) is 0 Å². The molecular formula is C9H6BF4MnO4-. The fraction of sp³-hybridized carbons (Fsp3) is 0. The van der Waals surface area contributed by atoms with Crippen LogP contribution in [-0.4, -0.2) is 12.4 Å². The summed E-state index contributed by atoms with van der Waals surface area (Å²) in [7, 11) is -6.00. The molecule has 0 aliphatic heterocycles. The van der Waals surface area contributed by atoms with Gasteiger partial charge in [0.05, 0.1) is 0 Å². The normalized spacial score (nSPS) is 6.63. The second kappa shape index (κ2) is 25.4. The minimum Gasteiger partial charge on any atom is 0 e. The Labute approximate surface area is 117 Å². The Bertz CT molecular complexity index is 306. The second-order valence-electron chi connectivity index (χ2n) is 1.83. The molecule has 0 saturated heterocycles.